The lowest BCUT2D eigenvalue weighted by molar-refractivity contribution is 0.872. The Balaban J connectivity index is 1.18. The van der Waals surface area contributed by atoms with E-state index in [1.165, 1.54) is 38.7 Å². The molecule has 6 nitrogen and oxygen atoms in total. The summed E-state index contributed by atoms with van der Waals surface area (Å²) in [6.45, 7) is 5.07. The van der Waals surface area contributed by atoms with Gasteiger partial charge in [-0.2, -0.15) is 0 Å². The lowest BCUT2D eigenvalue weighted by Crippen LogP contribution is -2.08. The number of aromatic nitrogens is 5. The van der Waals surface area contributed by atoms with Crippen molar-refractivity contribution in [1.82, 2.24) is 24.1 Å². The van der Waals surface area contributed by atoms with Crippen LogP contribution in [0.5, 0.6) is 0 Å². The van der Waals surface area contributed by atoms with Crippen molar-refractivity contribution < 1.29 is 0 Å². The highest BCUT2D eigenvalue weighted by Crippen LogP contribution is 2.33. The first-order valence-corrected chi connectivity index (χ1v) is 13.6. The summed E-state index contributed by atoms with van der Waals surface area (Å²) in [5, 5.41) is 3.59. The molecule has 0 atom stereocenters. The van der Waals surface area contributed by atoms with Gasteiger partial charge in [-0.3, -0.25) is 19.9 Å². The fourth-order valence-electron chi connectivity index (χ4n) is 6.09. The highest BCUT2D eigenvalue weighted by molar-refractivity contribution is 6.09. The van der Waals surface area contributed by atoms with E-state index in [0.717, 1.165) is 52.1 Å². The van der Waals surface area contributed by atoms with Crippen LogP contribution >= 0.6 is 0 Å². The molecule has 0 radical (unpaired) electrons. The number of pyridine rings is 3. The third-order valence-electron chi connectivity index (χ3n) is 7.96. The van der Waals surface area contributed by atoms with Crippen LogP contribution in [-0.4, -0.2) is 36.8 Å². The zero-order chi connectivity index (χ0) is 26.8. The number of nitrogens with zero attached hydrogens (tertiary/aromatic N) is 6. The van der Waals surface area contributed by atoms with Crippen LogP contribution in [0.25, 0.3) is 55.5 Å². The normalized spacial score (nSPS) is 12.9. The lowest BCUT2D eigenvalue weighted by atomic mass is 10.1. The summed E-state index contributed by atoms with van der Waals surface area (Å²) in [6, 6.07) is 23.6. The van der Waals surface area contributed by atoms with Gasteiger partial charge in [-0.15, -0.1) is 0 Å². The van der Waals surface area contributed by atoms with Gasteiger partial charge in [-0.05, 0) is 68.4 Å². The van der Waals surface area contributed by atoms with E-state index in [-0.39, 0.29) is 0 Å². The second kappa shape index (κ2) is 8.71. The fourth-order valence-corrected chi connectivity index (χ4v) is 6.09. The first-order chi connectivity index (χ1) is 19.7. The molecule has 2 aromatic carbocycles. The summed E-state index contributed by atoms with van der Waals surface area (Å²) >= 11 is 0. The van der Waals surface area contributed by atoms with E-state index >= 15 is 0 Å². The molecule has 192 valence electrons. The monoisotopic (exact) mass is 518 g/mol. The molecule has 1 aliphatic rings. The number of benzene rings is 2. The van der Waals surface area contributed by atoms with Crippen molar-refractivity contribution in [3.05, 3.63) is 114 Å². The molecule has 5 aromatic heterocycles. The van der Waals surface area contributed by atoms with Gasteiger partial charge in [0.15, 0.2) is 0 Å². The molecule has 40 heavy (non-hydrogen) atoms. The molecule has 8 rings (SSSR count). The molecule has 0 fully saturated rings. The zero-order valence-corrected chi connectivity index (χ0v) is 22.3. The number of aryl methyl sites for hydroxylation is 2. The van der Waals surface area contributed by atoms with Crippen molar-refractivity contribution in [3.63, 3.8) is 0 Å². The van der Waals surface area contributed by atoms with Gasteiger partial charge in [0.25, 0.3) is 0 Å². The number of hydrogen-bond acceptors (Lipinski definition) is 4. The topological polar surface area (TPSA) is 60.9 Å². The molecule has 6 heterocycles. The van der Waals surface area contributed by atoms with Crippen LogP contribution in [0.4, 0.5) is 0 Å². The van der Waals surface area contributed by atoms with E-state index in [2.05, 4.69) is 99.7 Å². The predicted octanol–water partition coefficient (Wildman–Crippen LogP) is 7.17. The zero-order valence-electron chi connectivity index (χ0n) is 22.3. The lowest BCUT2D eigenvalue weighted by Gasteiger charge is -2.13. The SMILES string of the molecule is Cc1ccc2c(c1)c1c(n2-c2ccc(-c3ccc(-n4c5ccncc5c5cc(C)ccc54)cn3)nc2)CCN=C1. The second-order valence-corrected chi connectivity index (χ2v) is 10.6. The van der Waals surface area contributed by atoms with Crippen LogP contribution in [0, 0.1) is 13.8 Å². The molecule has 6 heteroatoms. The Morgan fingerprint density at radius 1 is 0.625 bits per heavy atom. The molecular formula is C34H26N6. The third-order valence-corrected chi connectivity index (χ3v) is 7.96. The fraction of sp³-hybridized carbons (Fsp3) is 0.118. The van der Waals surface area contributed by atoms with Crippen LogP contribution in [0.2, 0.25) is 0 Å². The average molecular weight is 519 g/mol. The molecule has 7 aromatic rings. The molecule has 0 aliphatic carbocycles. The van der Waals surface area contributed by atoms with Crippen molar-refractivity contribution in [1.29, 1.82) is 0 Å². The summed E-state index contributed by atoms with van der Waals surface area (Å²) in [4.78, 5) is 18.6. The maximum atomic E-state index is 4.85. The van der Waals surface area contributed by atoms with Crippen LogP contribution in [-0.2, 0) is 6.42 Å². The number of aliphatic imine (C=N–C) groups is 1. The van der Waals surface area contributed by atoms with Gasteiger partial charge in [0.1, 0.15) is 0 Å². The summed E-state index contributed by atoms with van der Waals surface area (Å²) in [6.07, 6.45) is 10.6. The Hall–Kier alpha value is -5.10. The molecule has 0 unspecified atom stereocenters. The molecule has 1 aliphatic heterocycles. The van der Waals surface area contributed by atoms with E-state index < -0.39 is 0 Å². The second-order valence-electron chi connectivity index (χ2n) is 10.6. The van der Waals surface area contributed by atoms with Crippen molar-refractivity contribution in [2.24, 2.45) is 4.99 Å². The highest BCUT2D eigenvalue weighted by Gasteiger charge is 2.20. The minimum absolute atomic E-state index is 0.812. The highest BCUT2D eigenvalue weighted by atomic mass is 15.0. The molecule has 0 amide bonds. The smallest absolute Gasteiger partial charge is 0.0887 e. The Bertz CT molecular complexity index is 2110. The van der Waals surface area contributed by atoms with Gasteiger partial charge in [0, 0.05) is 59.0 Å². The minimum Gasteiger partial charge on any atom is -0.311 e. The summed E-state index contributed by atoms with van der Waals surface area (Å²) < 4.78 is 4.59. The van der Waals surface area contributed by atoms with Gasteiger partial charge in [0.2, 0.25) is 0 Å². The standard InChI is InChI=1S/C34H26N6/c1-21-3-9-31-25(15-21)27-19-35-13-11-33(27)39(31)23-5-7-29(37-17-23)30-8-6-24(18-38-30)40-32-10-4-22(2)16-26(32)28-20-36-14-12-34(28)40/h3-11,13,15-20H,12,14H2,1-2H3. The summed E-state index contributed by atoms with van der Waals surface area (Å²) in [7, 11) is 0. The van der Waals surface area contributed by atoms with E-state index in [1.807, 2.05) is 31.0 Å². The molecule has 0 saturated carbocycles. The van der Waals surface area contributed by atoms with Crippen LogP contribution < -0.4 is 0 Å². The van der Waals surface area contributed by atoms with E-state index in [4.69, 9.17) is 9.97 Å². The number of fused-ring (bicyclic) bond motifs is 6. The summed E-state index contributed by atoms with van der Waals surface area (Å²) in [5.41, 5.74) is 12.2. The third kappa shape index (κ3) is 3.42. The Kier molecular flexibility index (Phi) is 4.98. The van der Waals surface area contributed by atoms with Crippen LogP contribution in [0.15, 0.2) is 96.5 Å². The number of rotatable bonds is 3. The van der Waals surface area contributed by atoms with Gasteiger partial charge in [-0.25, -0.2) is 0 Å². The molecule has 0 saturated heterocycles. The average Bonchev–Trinajstić information content (AvgIpc) is 3.50. The Morgan fingerprint density at radius 2 is 1.27 bits per heavy atom. The van der Waals surface area contributed by atoms with Gasteiger partial charge < -0.3 is 9.13 Å². The maximum absolute atomic E-state index is 4.85. The van der Waals surface area contributed by atoms with Gasteiger partial charge in [-0.1, -0.05) is 23.3 Å². The van der Waals surface area contributed by atoms with Gasteiger partial charge in [0.05, 0.1) is 51.7 Å². The molecule has 0 bridgehead atoms. The van der Waals surface area contributed by atoms with Crippen molar-refractivity contribution in [2.45, 2.75) is 20.3 Å². The van der Waals surface area contributed by atoms with Crippen molar-refractivity contribution >= 4 is 38.9 Å². The van der Waals surface area contributed by atoms with Crippen molar-refractivity contribution in [2.75, 3.05) is 6.54 Å². The first-order valence-electron chi connectivity index (χ1n) is 13.6. The quantitative estimate of drug-likeness (QED) is 0.249. The molecular weight excluding hydrogens is 492 g/mol. The molecule has 0 N–H and O–H groups in total. The predicted molar refractivity (Wildman–Crippen MR) is 162 cm³/mol. The first kappa shape index (κ1) is 22.8. The largest absolute Gasteiger partial charge is 0.311 e. The summed E-state index contributed by atoms with van der Waals surface area (Å²) in [5.74, 6) is 0. The minimum atomic E-state index is 0.812. The number of hydrogen-bond donors (Lipinski definition) is 0. The van der Waals surface area contributed by atoms with Crippen LogP contribution in [0.1, 0.15) is 22.4 Å². The molecule has 0 spiro atoms. The van der Waals surface area contributed by atoms with E-state index in [1.54, 1.807) is 0 Å². The van der Waals surface area contributed by atoms with Crippen LogP contribution in [0.3, 0.4) is 0 Å². The van der Waals surface area contributed by atoms with E-state index in [0.29, 0.717) is 0 Å². The van der Waals surface area contributed by atoms with Gasteiger partial charge >= 0.3 is 0 Å². The Labute approximate surface area is 231 Å². The van der Waals surface area contributed by atoms with Crippen molar-refractivity contribution in [3.8, 4) is 22.8 Å². The maximum Gasteiger partial charge on any atom is 0.0887 e. The Morgan fingerprint density at radius 3 is 1.98 bits per heavy atom. The van der Waals surface area contributed by atoms with E-state index in [9.17, 15) is 0 Å².